The number of hydrogen-bond donors (Lipinski definition) is 1. The van der Waals surface area contributed by atoms with Gasteiger partial charge in [-0.15, -0.1) is 0 Å². The van der Waals surface area contributed by atoms with E-state index in [0.717, 1.165) is 12.1 Å². The number of ether oxygens (including phenoxy) is 1. The Balaban J connectivity index is 2.97. The maximum Gasteiger partial charge on any atom is 0.416 e. The lowest BCUT2D eigenvalue weighted by Crippen LogP contribution is -2.32. The molecular weight excluding hydrogens is 325 g/mol. The molecule has 0 atom stereocenters. The zero-order chi connectivity index (χ0) is 14.5. The van der Waals surface area contributed by atoms with Gasteiger partial charge in [-0.05, 0) is 34.1 Å². The minimum Gasteiger partial charge on any atom is -0.383 e. The van der Waals surface area contributed by atoms with Crippen LogP contribution in [-0.2, 0) is 10.9 Å². The fraction of sp³-hybridized carbons (Fsp3) is 0.500. The zero-order valence-electron chi connectivity index (χ0n) is 10.5. The third kappa shape index (κ3) is 4.67. The predicted molar refractivity (Wildman–Crippen MR) is 72.3 cm³/mol. The van der Waals surface area contributed by atoms with Crippen LogP contribution in [0.4, 0.5) is 18.9 Å². The van der Waals surface area contributed by atoms with Crippen LogP contribution >= 0.6 is 15.9 Å². The molecule has 3 nitrogen and oxygen atoms in total. The average Bonchev–Trinajstić information content (AvgIpc) is 2.33. The number of hydrogen-bond acceptors (Lipinski definition) is 3. The third-order valence-corrected chi connectivity index (χ3v) is 3.22. The minimum atomic E-state index is -4.34. The summed E-state index contributed by atoms with van der Waals surface area (Å²) < 4.78 is 43.1. The Morgan fingerprint density at radius 3 is 2.47 bits per heavy atom. The van der Waals surface area contributed by atoms with E-state index < -0.39 is 11.7 Å². The molecular formula is C12H16BrF3N2O. The largest absolute Gasteiger partial charge is 0.416 e. The van der Waals surface area contributed by atoms with Crippen molar-refractivity contribution in [1.29, 1.82) is 0 Å². The molecule has 0 saturated heterocycles. The van der Waals surface area contributed by atoms with Crippen molar-refractivity contribution < 1.29 is 17.9 Å². The van der Waals surface area contributed by atoms with Gasteiger partial charge >= 0.3 is 6.18 Å². The van der Waals surface area contributed by atoms with E-state index in [-0.39, 0.29) is 0 Å². The molecule has 0 radical (unpaired) electrons. The minimum absolute atomic E-state index is 0.395. The van der Waals surface area contributed by atoms with Gasteiger partial charge < -0.3 is 15.4 Å². The molecule has 1 rings (SSSR count). The van der Waals surface area contributed by atoms with E-state index >= 15 is 0 Å². The molecule has 0 fully saturated rings. The summed E-state index contributed by atoms with van der Waals surface area (Å²) in [7, 11) is 1.57. The molecule has 0 aliphatic rings. The van der Waals surface area contributed by atoms with E-state index in [0.29, 0.717) is 36.4 Å². The Bertz CT molecular complexity index is 412. The van der Waals surface area contributed by atoms with Crippen molar-refractivity contribution in [3.63, 3.8) is 0 Å². The Morgan fingerprint density at radius 2 is 2.00 bits per heavy atom. The number of methoxy groups -OCH3 is 1. The second-order valence-electron chi connectivity index (χ2n) is 3.93. The monoisotopic (exact) mass is 340 g/mol. The lowest BCUT2D eigenvalue weighted by atomic mass is 10.2. The first kappa shape index (κ1) is 16.3. The first-order valence-electron chi connectivity index (χ1n) is 5.71. The predicted octanol–water partition coefficient (Wildman–Crippen LogP) is 2.88. The summed E-state index contributed by atoms with van der Waals surface area (Å²) in [6, 6.07) is 3.58. The highest BCUT2D eigenvalue weighted by Crippen LogP contribution is 2.35. The summed E-state index contributed by atoms with van der Waals surface area (Å²) in [5.74, 6) is 0. The van der Waals surface area contributed by atoms with Crippen LogP contribution in [0, 0.1) is 0 Å². The first-order valence-corrected chi connectivity index (χ1v) is 6.50. The van der Waals surface area contributed by atoms with Crippen molar-refractivity contribution in [3.05, 3.63) is 28.2 Å². The fourth-order valence-electron chi connectivity index (χ4n) is 1.65. The lowest BCUT2D eigenvalue weighted by Gasteiger charge is -2.25. The molecule has 0 aliphatic carbocycles. The van der Waals surface area contributed by atoms with Crippen LogP contribution < -0.4 is 10.6 Å². The van der Waals surface area contributed by atoms with Gasteiger partial charge in [-0.3, -0.25) is 0 Å². The van der Waals surface area contributed by atoms with Crippen LogP contribution in [0.3, 0.4) is 0 Å². The third-order valence-electron chi connectivity index (χ3n) is 2.58. The maximum absolute atomic E-state index is 12.6. The molecule has 0 aliphatic heterocycles. The van der Waals surface area contributed by atoms with Crippen molar-refractivity contribution in [2.75, 3.05) is 38.3 Å². The molecule has 0 unspecified atom stereocenters. The van der Waals surface area contributed by atoms with Gasteiger partial charge in [-0.25, -0.2) is 0 Å². The Kier molecular flexibility index (Phi) is 6.09. The summed E-state index contributed by atoms with van der Waals surface area (Å²) in [5, 5.41) is 0. The summed E-state index contributed by atoms with van der Waals surface area (Å²) in [4.78, 5) is 1.88. The Morgan fingerprint density at radius 1 is 1.32 bits per heavy atom. The number of nitrogens with zero attached hydrogens (tertiary/aromatic N) is 1. The molecule has 0 amide bonds. The van der Waals surface area contributed by atoms with Crippen molar-refractivity contribution in [2.45, 2.75) is 6.18 Å². The van der Waals surface area contributed by atoms with Gasteiger partial charge in [0.2, 0.25) is 0 Å². The smallest absolute Gasteiger partial charge is 0.383 e. The van der Waals surface area contributed by atoms with Gasteiger partial charge in [0.15, 0.2) is 0 Å². The molecule has 2 N–H and O–H groups in total. The molecule has 108 valence electrons. The average molecular weight is 341 g/mol. The van der Waals surface area contributed by atoms with Crippen LogP contribution in [0.2, 0.25) is 0 Å². The van der Waals surface area contributed by atoms with Crippen molar-refractivity contribution in [2.24, 2.45) is 5.73 Å². The van der Waals surface area contributed by atoms with E-state index in [1.807, 2.05) is 4.90 Å². The number of anilines is 1. The van der Waals surface area contributed by atoms with Gasteiger partial charge in [-0.2, -0.15) is 13.2 Å². The van der Waals surface area contributed by atoms with Crippen molar-refractivity contribution in [1.82, 2.24) is 0 Å². The van der Waals surface area contributed by atoms with Gasteiger partial charge in [0.05, 0.1) is 17.9 Å². The number of alkyl halides is 3. The van der Waals surface area contributed by atoms with Gasteiger partial charge in [0.1, 0.15) is 0 Å². The summed E-state index contributed by atoms with van der Waals surface area (Å²) >= 11 is 3.18. The van der Waals surface area contributed by atoms with Crippen molar-refractivity contribution in [3.8, 4) is 0 Å². The second kappa shape index (κ2) is 7.12. The fourth-order valence-corrected chi connectivity index (χ4v) is 2.28. The highest BCUT2D eigenvalue weighted by Gasteiger charge is 2.31. The number of nitrogens with two attached hydrogens (primary N) is 1. The quantitative estimate of drug-likeness (QED) is 0.865. The SMILES string of the molecule is COCCN(CCN)c1ccc(C(F)(F)F)cc1Br. The number of halogens is 4. The van der Waals surface area contributed by atoms with E-state index in [1.54, 1.807) is 7.11 Å². The molecule has 1 aromatic rings. The molecule has 7 heteroatoms. The van der Waals surface area contributed by atoms with Crippen LogP contribution in [0.25, 0.3) is 0 Å². The normalized spacial score (nSPS) is 11.7. The maximum atomic E-state index is 12.6. The highest BCUT2D eigenvalue weighted by atomic mass is 79.9. The van der Waals surface area contributed by atoms with Gasteiger partial charge in [0.25, 0.3) is 0 Å². The van der Waals surface area contributed by atoms with Crippen LogP contribution in [0.1, 0.15) is 5.56 Å². The number of rotatable bonds is 6. The topological polar surface area (TPSA) is 38.5 Å². The standard InChI is InChI=1S/C12H16BrF3N2O/c1-19-7-6-18(5-4-17)11-3-2-9(8-10(11)13)12(14,15)16/h2-3,8H,4-7,17H2,1H3. The summed E-state index contributed by atoms with van der Waals surface area (Å²) in [5.41, 5.74) is 5.51. The lowest BCUT2D eigenvalue weighted by molar-refractivity contribution is -0.137. The molecule has 0 saturated carbocycles. The van der Waals surface area contributed by atoms with E-state index in [1.165, 1.54) is 6.07 Å². The molecule has 0 spiro atoms. The van der Waals surface area contributed by atoms with Crippen LogP contribution in [-0.4, -0.2) is 33.4 Å². The first-order chi connectivity index (χ1) is 8.90. The zero-order valence-corrected chi connectivity index (χ0v) is 12.1. The van der Waals surface area contributed by atoms with E-state index in [4.69, 9.17) is 10.5 Å². The molecule has 0 heterocycles. The molecule has 0 bridgehead atoms. The Hall–Kier alpha value is -0.790. The van der Waals surface area contributed by atoms with Gasteiger partial charge in [0, 0.05) is 31.2 Å². The summed E-state index contributed by atoms with van der Waals surface area (Å²) in [6.45, 7) is 2.01. The Labute approximate surface area is 118 Å². The van der Waals surface area contributed by atoms with Crippen molar-refractivity contribution >= 4 is 21.6 Å². The van der Waals surface area contributed by atoms with Crippen LogP contribution in [0.5, 0.6) is 0 Å². The molecule has 1 aromatic carbocycles. The van der Waals surface area contributed by atoms with E-state index in [2.05, 4.69) is 15.9 Å². The van der Waals surface area contributed by atoms with Crippen LogP contribution in [0.15, 0.2) is 22.7 Å². The van der Waals surface area contributed by atoms with Gasteiger partial charge in [-0.1, -0.05) is 0 Å². The molecule has 0 aromatic heterocycles. The second-order valence-corrected chi connectivity index (χ2v) is 4.79. The van der Waals surface area contributed by atoms with E-state index in [9.17, 15) is 13.2 Å². The molecule has 19 heavy (non-hydrogen) atoms. The summed E-state index contributed by atoms with van der Waals surface area (Å²) in [6.07, 6.45) is -4.34. The number of benzene rings is 1. The highest BCUT2D eigenvalue weighted by molar-refractivity contribution is 9.10.